The van der Waals surface area contributed by atoms with Crippen LogP contribution in [-0.4, -0.2) is 40.4 Å². The van der Waals surface area contributed by atoms with Gasteiger partial charge in [0.2, 0.25) is 5.91 Å². The highest BCUT2D eigenvalue weighted by Gasteiger charge is 2.06. The fourth-order valence-corrected chi connectivity index (χ4v) is 2.48. The number of benzene rings is 2. The second-order valence-electron chi connectivity index (χ2n) is 5.75. The van der Waals surface area contributed by atoms with Crippen LogP contribution in [0, 0.1) is 0 Å². The van der Waals surface area contributed by atoms with Crippen molar-refractivity contribution in [1.29, 1.82) is 0 Å². The highest BCUT2D eigenvalue weighted by atomic mass is 16.5. The average Bonchev–Trinajstić information content (AvgIpc) is 2.67. The first-order chi connectivity index (χ1) is 12.7. The van der Waals surface area contributed by atoms with E-state index in [0.717, 1.165) is 28.3 Å². The van der Waals surface area contributed by atoms with Gasteiger partial charge in [-0.1, -0.05) is 12.1 Å². The van der Waals surface area contributed by atoms with Crippen LogP contribution < -0.4 is 20.1 Å². The molecule has 0 saturated heterocycles. The summed E-state index contributed by atoms with van der Waals surface area (Å²) >= 11 is 0. The zero-order valence-electron chi connectivity index (χ0n) is 15.5. The number of anilines is 1. The molecule has 0 radical (unpaired) electrons. The summed E-state index contributed by atoms with van der Waals surface area (Å²) in [7, 11) is 4.89. The Kier molecular flexibility index (Phi) is 7.76. The third-order valence-electron chi connectivity index (χ3n) is 3.92. The summed E-state index contributed by atoms with van der Waals surface area (Å²) in [5, 5.41) is 6.17. The first-order valence-corrected chi connectivity index (χ1v) is 8.45. The van der Waals surface area contributed by atoms with E-state index in [2.05, 4.69) is 10.6 Å². The van der Waals surface area contributed by atoms with Gasteiger partial charge in [-0.2, -0.15) is 0 Å². The van der Waals surface area contributed by atoms with Crippen molar-refractivity contribution in [2.45, 2.75) is 13.0 Å². The van der Waals surface area contributed by atoms with E-state index < -0.39 is 0 Å². The molecule has 2 aromatic rings. The number of hydrogen-bond acceptors (Lipinski definition) is 5. The van der Waals surface area contributed by atoms with Crippen LogP contribution in [0.1, 0.15) is 11.1 Å². The maximum Gasteiger partial charge on any atom is 0.224 e. The van der Waals surface area contributed by atoms with Crippen molar-refractivity contribution >= 4 is 11.6 Å². The summed E-state index contributed by atoms with van der Waals surface area (Å²) in [4.78, 5) is 11.8. The molecule has 0 unspecified atom stereocenters. The van der Waals surface area contributed by atoms with Gasteiger partial charge < -0.3 is 24.8 Å². The number of nitrogens with one attached hydrogen (secondary N) is 2. The van der Waals surface area contributed by atoms with E-state index in [1.54, 1.807) is 21.3 Å². The van der Waals surface area contributed by atoms with E-state index in [-0.39, 0.29) is 5.91 Å². The van der Waals surface area contributed by atoms with Crippen LogP contribution in [0.5, 0.6) is 11.5 Å². The number of carbonyl (C=O) groups is 1. The predicted octanol–water partition coefficient (Wildman–Crippen LogP) is 2.62. The van der Waals surface area contributed by atoms with E-state index in [4.69, 9.17) is 14.2 Å². The first-order valence-electron chi connectivity index (χ1n) is 8.45. The number of hydrogen-bond donors (Lipinski definition) is 2. The van der Waals surface area contributed by atoms with Crippen LogP contribution in [0.3, 0.4) is 0 Å². The fraction of sp³-hybridized carbons (Fsp3) is 0.350. The van der Waals surface area contributed by atoms with Crippen LogP contribution in [0.4, 0.5) is 5.69 Å². The number of ether oxygens (including phenoxy) is 3. The Bertz CT molecular complexity index is 701. The van der Waals surface area contributed by atoms with Gasteiger partial charge >= 0.3 is 0 Å². The zero-order valence-corrected chi connectivity index (χ0v) is 15.5. The number of rotatable bonds is 10. The molecular weight excluding hydrogens is 332 g/mol. The summed E-state index contributed by atoms with van der Waals surface area (Å²) in [6.45, 7) is 1.67. The second-order valence-corrected chi connectivity index (χ2v) is 5.75. The lowest BCUT2D eigenvalue weighted by Gasteiger charge is -2.12. The van der Waals surface area contributed by atoms with E-state index in [0.29, 0.717) is 26.1 Å². The molecule has 0 aliphatic heterocycles. The Morgan fingerprint density at radius 3 is 2.42 bits per heavy atom. The largest absolute Gasteiger partial charge is 0.497 e. The molecule has 0 saturated carbocycles. The number of carbonyl (C=O) groups excluding carboxylic acids is 1. The third-order valence-corrected chi connectivity index (χ3v) is 3.92. The van der Waals surface area contributed by atoms with E-state index in [1.165, 1.54) is 0 Å². The van der Waals surface area contributed by atoms with E-state index >= 15 is 0 Å². The zero-order chi connectivity index (χ0) is 18.8. The van der Waals surface area contributed by atoms with Crippen molar-refractivity contribution in [2.24, 2.45) is 0 Å². The first kappa shape index (κ1) is 19.6. The minimum atomic E-state index is -0.00858. The van der Waals surface area contributed by atoms with Crippen molar-refractivity contribution in [1.82, 2.24) is 5.32 Å². The molecule has 0 heterocycles. The predicted molar refractivity (Wildman–Crippen MR) is 102 cm³/mol. The standard InChI is InChI=1S/C20H26N2O4/c1-24-11-10-21-20(23)12-15-4-7-17(8-5-15)22-14-16-6-9-18(25-2)13-19(16)26-3/h4-9,13,22H,10-12,14H2,1-3H3,(H,21,23). The van der Waals surface area contributed by atoms with E-state index in [1.807, 2.05) is 42.5 Å². The van der Waals surface area contributed by atoms with Crippen molar-refractivity contribution in [3.8, 4) is 11.5 Å². The third kappa shape index (κ3) is 5.97. The maximum absolute atomic E-state index is 11.8. The Morgan fingerprint density at radius 1 is 1.00 bits per heavy atom. The lowest BCUT2D eigenvalue weighted by atomic mass is 10.1. The quantitative estimate of drug-likeness (QED) is 0.639. The topological polar surface area (TPSA) is 68.8 Å². The van der Waals surface area contributed by atoms with Gasteiger partial charge in [0.05, 0.1) is 27.2 Å². The normalized spacial score (nSPS) is 10.3. The monoisotopic (exact) mass is 358 g/mol. The van der Waals surface area contributed by atoms with Crippen LogP contribution in [0.25, 0.3) is 0 Å². The fourth-order valence-electron chi connectivity index (χ4n) is 2.48. The Labute approximate surface area is 154 Å². The molecule has 1 amide bonds. The lowest BCUT2D eigenvalue weighted by molar-refractivity contribution is -0.120. The molecule has 0 aliphatic carbocycles. The molecule has 0 bridgehead atoms. The van der Waals surface area contributed by atoms with Gasteiger partial charge in [-0.25, -0.2) is 0 Å². The molecule has 26 heavy (non-hydrogen) atoms. The Hall–Kier alpha value is -2.73. The van der Waals surface area contributed by atoms with Gasteiger partial charge in [-0.15, -0.1) is 0 Å². The summed E-state index contributed by atoms with van der Waals surface area (Å²) in [5.41, 5.74) is 2.98. The molecule has 0 aromatic heterocycles. The van der Waals surface area contributed by atoms with Crippen LogP contribution in [-0.2, 0) is 22.5 Å². The minimum Gasteiger partial charge on any atom is -0.497 e. The Morgan fingerprint density at radius 2 is 1.77 bits per heavy atom. The number of methoxy groups -OCH3 is 3. The van der Waals surface area contributed by atoms with Crippen molar-refractivity contribution in [3.63, 3.8) is 0 Å². The molecule has 6 heteroatoms. The summed E-state index contributed by atoms with van der Waals surface area (Å²) < 4.78 is 15.5. The molecule has 0 fully saturated rings. The number of amides is 1. The van der Waals surface area contributed by atoms with Crippen molar-refractivity contribution in [3.05, 3.63) is 53.6 Å². The molecule has 0 atom stereocenters. The minimum absolute atomic E-state index is 0.00858. The molecular formula is C20H26N2O4. The molecule has 6 nitrogen and oxygen atoms in total. The van der Waals surface area contributed by atoms with Crippen LogP contribution in [0.15, 0.2) is 42.5 Å². The molecule has 0 aliphatic rings. The van der Waals surface area contributed by atoms with Gasteiger partial charge in [-0.05, 0) is 29.8 Å². The second kappa shape index (κ2) is 10.3. The van der Waals surface area contributed by atoms with Gasteiger partial charge in [0.1, 0.15) is 11.5 Å². The summed E-state index contributed by atoms with van der Waals surface area (Å²) in [6.07, 6.45) is 0.357. The molecule has 0 spiro atoms. The SMILES string of the molecule is COCCNC(=O)Cc1ccc(NCc2ccc(OC)cc2OC)cc1. The van der Waals surface area contributed by atoms with Crippen LogP contribution >= 0.6 is 0 Å². The molecule has 140 valence electrons. The summed E-state index contributed by atoms with van der Waals surface area (Å²) in [5.74, 6) is 1.53. The lowest BCUT2D eigenvalue weighted by Crippen LogP contribution is -2.28. The van der Waals surface area contributed by atoms with Crippen molar-refractivity contribution in [2.75, 3.05) is 39.8 Å². The molecule has 2 rings (SSSR count). The molecule has 2 aromatic carbocycles. The van der Waals surface area contributed by atoms with Crippen molar-refractivity contribution < 1.29 is 19.0 Å². The smallest absolute Gasteiger partial charge is 0.224 e. The van der Waals surface area contributed by atoms with Gasteiger partial charge in [-0.3, -0.25) is 4.79 Å². The van der Waals surface area contributed by atoms with Crippen LogP contribution in [0.2, 0.25) is 0 Å². The average molecular weight is 358 g/mol. The molecule has 2 N–H and O–H groups in total. The maximum atomic E-state index is 11.8. The van der Waals surface area contributed by atoms with Gasteiger partial charge in [0.15, 0.2) is 0 Å². The van der Waals surface area contributed by atoms with Gasteiger partial charge in [0, 0.05) is 37.5 Å². The van der Waals surface area contributed by atoms with Gasteiger partial charge in [0.25, 0.3) is 0 Å². The van der Waals surface area contributed by atoms with E-state index in [9.17, 15) is 4.79 Å². The Balaban J connectivity index is 1.88. The highest BCUT2D eigenvalue weighted by molar-refractivity contribution is 5.78. The highest BCUT2D eigenvalue weighted by Crippen LogP contribution is 2.25. The summed E-state index contributed by atoms with van der Waals surface area (Å²) in [6, 6.07) is 13.6.